The summed E-state index contributed by atoms with van der Waals surface area (Å²) >= 11 is 0. The number of carbonyl (C=O) groups is 2. The molecule has 0 bridgehead atoms. The Hall–Kier alpha value is -1.20. The topological polar surface area (TPSA) is 76.1 Å². The van der Waals surface area contributed by atoms with Gasteiger partial charge in [0.25, 0.3) is 0 Å². The van der Waals surface area contributed by atoms with Crippen LogP contribution in [0.4, 0.5) is 0 Å². The number of hydrogen-bond acceptors (Lipinski definition) is 5. The molecule has 1 N–H and O–H groups in total. The molecule has 5 nitrogen and oxygen atoms in total. The van der Waals surface area contributed by atoms with Crippen molar-refractivity contribution in [2.75, 3.05) is 6.61 Å². The van der Waals surface area contributed by atoms with Gasteiger partial charge in [-0.1, -0.05) is 25.5 Å². The van der Waals surface area contributed by atoms with Crippen LogP contribution in [0.2, 0.25) is 0 Å². The molecule has 5 aliphatic rings. The third kappa shape index (κ3) is 2.26. The second-order valence-electron chi connectivity index (χ2n) is 10.4. The van der Waals surface area contributed by atoms with Gasteiger partial charge in [-0.25, -0.2) is 0 Å². The predicted octanol–water partition coefficient (Wildman–Crippen LogP) is 3.19. The fourth-order valence-electron chi connectivity index (χ4n) is 7.83. The Balaban J connectivity index is 1.42. The van der Waals surface area contributed by atoms with E-state index in [-0.39, 0.29) is 35.4 Å². The zero-order valence-electron chi connectivity index (χ0n) is 17.2. The number of aliphatic hydroxyl groups excluding tert-OH is 1. The standard InChI is InChI=1S/C23H32O5/c1-13(24)27-12-19(26)23-20(28-23)11-18-16-5-4-14-10-15(25)6-8-21(14,2)17(16)7-9-22(18,23)3/h4,15-18,20,25H,5-12H2,1-3H3/t15?,16-,17+,18+,20?,21+,22+,23-/m1/s1. The van der Waals surface area contributed by atoms with E-state index in [9.17, 15) is 14.7 Å². The number of esters is 1. The van der Waals surface area contributed by atoms with Crippen molar-refractivity contribution >= 4 is 11.8 Å². The number of hydrogen-bond donors (Lipinski definition) is 1. The Kier molecular flexibility index (Phi) is 3.97. The highest BCUT2D eigenvalue weighted by atomic mass is 16.6. The largest absolute Gasteiger partial charge is 0.458 e. The SMILES string of the molecule is CC(=O)OCC(=O)[C@@]12OC1C[C@H]1[C@@H]3CC=C4CC(O)CC[C@]4(C)[C@H]3CC[C@@]12C. The van der Waals surface area contributed by atoms with Crippen LogP contribution in [0.15, 0.2) is 11.6 Å². The molecule has 0 amide bonds. The van der Waals surface area contributed by atoms with Gasteiger partial charge in [-0.3, -0.25) is 9.59 Å². The zero-order valence-corrected chi connectivity index (χ0v) is 17.2. The van der Waals surface area contributed by atoms with Gasteiger partial charge in [-0.2, -0.15) is 0 Å². The van der Waals surface area contributed by atoms with Gasteiger partial charge in [0.15, 0.2) is 12.2 Å². The maximum atomic E-state index is 13.0. The highest BCUT2D eigenvalue weighted by molar-refractivity contribution is 5.94. The predicted molar refractivity (Wildman–Crippen MR) is 102 cm³/mol. The number of ether oxygens (including phenoxy) is 2. The molecule has 2 unspecified atom stereocenters. The number of ketones is 1. The molecular formula is C23H32O5. The molecule has 5 rings (SSSR count). The fourth-order valence-corrected chi connectivity index (χ4v) is 7.83. The van der Waals surface area contributed by atoms with Crippen molar-refractivity contribution in [1.29, 1.82) is 0 Å². The molecular weight excluding hydrogens is 356 g/mol. The van der Waals surface area contributed by atoms with Crippen LogP contribution in [0.3, 0.4) is 0 Å². The molecule has 0 aromatic rings. The van der Waals surface area contributed by atoms with Gasteiger partial charge in [0.1, 0.15) is 0 Å². The van der Waals surface area contributed by atoms with Crippen molar-refractivity contribution < 1.29 is 24.2 Å². The minimum Gasteiger partial charge on any atom is -0.458 e. The zero-order chi connectivity index (χ0) is 19.9. The number of aliphatic hydroxyl groups is 1. The third-order valence-corrected chi connectivity index (χ3v) is 9.33. The van der Waals surface area contributed by atoms with Crippen LogP contribution in [0.1, 0.15) is 65.7 Å². The summed E-state index contributed by atoms with van der Waals surface area (Å²) in [7, 11) is 0. The van der Waals surface area contributed by atoms with Crippen molar-refractivity contribution in [3.8, 4) is 0 Å². The van der Waals surface area contributed by atoms with E-state index in [0.717, 1.165) is 44.9 Å². The molecule has 28 heavy (non-hydrogen) atoms. The lowest BCUT2D eigenvalue weighted by molar-refractivity contribution is -0.152. The summed E-state index contributed by atoms with van der Waals surface area (Å²) in [5, 5.41) is 10.1. The van der Waals surface area contributed by atoms with Crippen LogP contribution in [0.25, 0.3) is 0 Å². The summed E-state index contributed by atoms with van der Waals surface area (Å²) in [4.78, 5) is 24.2. The Morgan fingerprint density at radius 1 is 1.25 bits per heavy atom. The molecule has 0 aromatic carbocycles. The van der Waals surface area contributed by atoms with Gasteiger partial charge in [-0.15, -0.1) is 0 Å². The minimum absolute atomic E-state index is 0.00401. The Labute approximate surface area is 166 Å². The van der Waals surface area contributed by atoms with Crippen molar-refractivity contribution in [2.45, 2.75) is 83.5 Å². The number of Topliss-reactive ketones (excluding diaryl/α,β-unsaturated/α-hetero) is 1. The Morgan fingerprint density at radius 2 is 2.04 bits per heavy atom. The maximum Gasteiger partial charge on any atom is 0.303 e. The van der Waals surface area contributed by atoms with E-state index in [1.165, 1.54) is 12.5 Å². The summed E-state index contributed by atoms with van der Waals surface area (Å²) in [5.41, 5.74) is 0.778. The molecule has 4 aliphatic carbocycles. The van der Waals surface area contributed by atoms with Gasteiger partial charge < -0.3 is 14.6 Å². The van der Waals surface area contributed by atoms with Crippen LogP contribution < -0.4 is 0 Å². The highest BCUT2D eigenvalue weighted by Crippen LogP contribution is 2.73. The quantitative estimate of drug-likeness (QED) is 0.456. The normalized spacial score (nSPS) is 51.1. The lowest BCUT2D eigenvalue weighted by Crippen LogP contribution is -2.55. The van der Waals surface area contributed by atoms with Gasteiger partial charge in [0.2, 0.25) is 5.78 Å². The van der Waals surface area contributed by atoms with Crippen molar-refractivity contribution in [1.82, 2.24) is 0 Å². The van der Waals surface area contributed by atoms with Crippen LogP contribution in [-0.4, -0.2) is 41.3 Å². The minimum atomic E-state index is -0.730. The van der Waals surface area contributed by atoms with Crippen LogP contribution >= 0.6 is 0 Å². The lowest BCUT2D eigenvalue weighted by atomic mass is 9.47. The number of epoxide rings is 1. The first-order valence-corrected chi connectivity index (χ1v) is 10.9. The Morgan fingerprint density at radius 3 is 2.79 bits per heavy atom. The summed E-state index contributed by atoms with van der Waals surface area (Å²) in [5.74, 6) is 1.24. The number of rotatable bonds is 3. The molecule has 1 aliphatic heterocycles. The van der Waals surface area contributed by atoms with Crippen LogP contribution in [0.5, 0.6) is 0 Å². The summed E-state index contributed by atoms with van der Waals surface area (Å²) < 4.78 is 11.1. The first-order chi connectivity index (χ1) is 13.2. The number of carbonyl (C=O) groups excluding carboxylic acids is 2. The molecule has 0 radical (unpaired) electrons. The molecule has 154 valence electrons. The Bertz CT molecular complexity index is 758. The van der Waals surface area contributed by atoms with E-state index in [1.807, 2.05) is 0 Å². The van der Waals surface area contributed by atoms with E-state index in [4.69, 9.17) is 9.47 Å². The van der Waals surface area contributed by atoms with Crippen molar-refractivity contribution in [3.63, 3.8) is 0 Å². The number of allylic oxidation sites excluding steroid dienone is 1. The number of fused-ring (bicyclic) bond motifs is 7. The van der Waals surface area contributed by atoms with Crippen molar-refractivity contribution in [2.24, 2.45) is 28.6 Å². The van der Waals surface area contributed by atoms with E-state index in [1.54, 1.807) is 0 Å². The van der Waals surface area contributed by atoms with Gasteiger partial charge in [0, 0.05) is 12.3 Å². The second-order valence-corrected chi connectivity index (χ2v) is 10.4. The molecule has 1 heterocycles. The van der Waals surface area contributed by atoms with Crippen LogP contribution in [0, 0.1) is 28.6 Å². The molecule has 1 saturated heterocycles. The summed E-state index contributed by atoms with van der Waals surface area (Å²) in [6, 6.07) is 0. The van der Waals surface area contributed by atoms with E-state index >= 15 is 0 Å². The first kappa shape index (κ1) is 18.8. The van der Waals surface area contributed by atoms with E-state index in [0.29, 0.717) is 17.8 Å². The highest BCUT2D eigenvalue weighted by Gasteiger charge is 2.80. The van der Waals surface area contributed by atoms with E-state index in [2.05, 4.69) is 19.9 Å². The third-order valence-electron chi connectivity index (χ3n) is 9.33. The summed E-state index contributed by atoms with van der Waals surface area (Å²) in [6.07, 6.45) is 9.14. The van der Waals surface area contributed by atoms with E-state index < -0.39 is 11.6 Å². The first-order valence-electron chi connectivity index (χ1n) is 10.9. The van der Waals surface area contributed by atoms with Gasteiger partial charge in [0.05, 0.1) is 12.2 Å². The monoisotopic (exact) mass is 388 g/mol. The van der Waals surface area contributed by atoms with Gasteiger partial charge >= 0.3 is 5.97 Å². The molecule has 0 spiro atoms. The van der Waals surface area contributed by atoms with Gasteiger partial charge in [-0.05, 0) is 68.1 Å². The smallest absolute Gasteiger partial charge is 0.303 e. The molecule has 8 atom stereocenters. The lowest BCUT2D eigenvalue weighted by Gasteiger charge is -2.58. The average molecular weight is 389 g/mol. The molecule has 5 heteroatoms. The second kappa shape index (κ2) is 5.91. The fraction of sp³-hybridized carbons (Fsp3) is 0.826. The average Bonchev–Trinajstić information content (AvgIpc) is 3.32. The van der Waals surface area contributed by atoms with Crippen molar-refractivity contribution in [3.05, 3.63) is 11.6 Å². The molecule has 0 aromatic heterocycles. The summed E-state index contributed by atoms with van der Waals surface area (Å²) in [6.45, 7) is 5.84. The molecule has 3 saturated carbocycles. The van der Waals surface area contributed by atoms with Crippen LogP contribution in [-0.2, 0) is 19.1 Å². The molecule has 4 fully saturated rings. The maximum absolute atomic E-state index is 13.0.